The smallest absolute Gasteiger partial charge is 0.244 e. The third kappa shape index (κ3) is 3.93. The Labute approximate surface area is 124 Å². The molecule has 0 amide bonds. The van der Waals surface area contributed by atoms with Crippen LogP contribution in [0.2, 0.25) is 0 Å². The van der Waals surface area contributed by atoms with Gasteiger partial charge in [-0.2, -0.15) is 0 Å². The summed E-state index contributed by atoms with van der Waals surface area (Å²) < 4.78 is 32.2. The van der Waals surface area contributed by atoms with E-state index in [-0.39, 0.29) is 17.2 Å². The SMILES string of the molecule is COc1ccc(N)cc1S(=O)(=O)NCCc1ccccn1. The average Bonchev–Trinajstić information content (AvgIpc) is 2.48. The molecule has 0 saturated carbocycles. The van der Waals surface area contributed by atoms with Crippen molar-refractivity contribution < 1.29 is 13.2 Å². The summed E-state index contributed by atoms with van der Waals surface area (Å²) in [5.74, 6) is 0.259. The van der Waals surface area contributed by atoms with E-state index in [1.165, 1.54) is 19.2 Å². The van der Waals surface area contributed by atoms with Crippen molar-refractivity contribution in [3.63, 3.8) is 0 Å². The molecule has 1 aromatic heterocycles. The molecule has 0 fully saturated rings. The Hall–Kier alpha value is -2.12. The molecular formula is C14H17N3O3S. The van der Waals surface area contributed by atoms with Crippen molar-refractivity contribution >= 4 is 15.7 Å². The molecule has 0 unspecified atom stereocenters. The predicted molar refractivity (Wildman–Crippen MR) is 80.5 cm³/mol. The van der Waals surface area contributed by atoms with Crippen molar-refractivity contribution in [1.29, 1.82) is 0 Å². The van der Waals surface area contributed by atoms with Gasteiger partial charge in [0, 0.05) is 30.5 Å². The van der Waals surface area contributed by atoms with E-state index in [4.69, 9.17) is 10.5 Å². The molecule has 0 aliphatic heterocycles. The number of rotatable bonds is 6. The standard InChI is InChI=1S/C14H17N3O3S/c1-20-13-6-5-11(15)10-14(13)21(18,19)17-9-7-12-4-2-3-8-16-12/h2-6,8,10,17H,7,9,15H2,1H3. The zero-order valence-corrected chi connectivity index (χ0v) is 12.4. The number of sulfonamides is 1. The molecule has 2 rings (SSSR count). The molecule has 7 heteroatoms. The van der Waals surface area contributed by atoms with Crippen molar-refractivity contribution in [3.05, 3.63) is 48.3 Å². The number of nitrogen functional groups attached to an aromatic ring is 1. The lowest BCUT2D eigenvalue weighted by Crippen LogP contribution is -2.26. The van der Waals surface area contributed by atoms with E-state index in [1.54, 1.807) is 12.3 Å². The number of nitrogens with one attached hydrogen (secondary N) is 1. The molecule has 0 aliphatic carbocycles. The van der Waals surface area contributed by atoms with Crippen molar-refractivity contribution in [2.75, 3.05) is 19.4 Å². The summed E-state index contributed by atoms with van der Waals surface area (Å²) in [4.78, 5) is 4.17. The van der Waals surface area contributed by atoms with E-state index in [9.17, 15) is 8.42 Å². The number of nitrogens with zero attached hydrogens (tertiary/aromatic N) is 1. The van der Waals surface area contributed by atoms with Crippen LogP contribution >= 0.6 is 0 Å². The van der Waals surface area contributed by atoms with Crippen LogP contribution in [0.5, 0.6) is 5.75 Å². The Kier molecular flexibility index (Phi) is 4.77. The summed E-state index contributed by atoms with van der Waals surface area (Å²) in [6.45, 7) is 0.247. The number of aromatic nitrogens is 1. The number of hydrogen-bond donors (Lipinski definition) is 2. The van der Waals surface area contributed by atoms with Gasteiger partial charge in [-0.3, -0.25) is 4.98 Å². The number of pyridine rings is 1. The van der Waals surface area contributed by atoms with E-state index in [0.717, 1.165) is 5.69 Å². The van der Waals surface area contributed by atoms with Gasteiger partial charge >= 0.3 is 0 Å². The maximum absolute atomic E-state index is 12.3. The van der Waals surface area contributed by atoms with Crippen molar-refractivity contribution in [1.82, 2.24) is 9.71 Å². The van der Waals surface area contributed by atoms with Gasteiger partial charge in [0.15, 0.2) is 0 Å². The van der Waals surface area contributed by atoms with Gasteiger partial charge in [0.1, 0.15) is 10.6 Å². The lowest BCUT2D eigenvalue weighted by molar-refractivity contribution is 0.402. The molecule has 0 spiro atoms. The van der Waals surface area contributed by atoms with Crippen molar-refractivity contribution in [2.24, 2.45) is 0 Å². The number of hydrogen-bond acceptors (Lipinski definition) is 5. The van der Waals surface area contributed by atoms with Crippen LogP contribution in [0.1, 0.15) is 5.69 Å². The van der Waals surface area contributed by atoms with E-state index >= 15 is 0 Å². The molecule has 6 nitrogen and oxygen atoms in total. The first-order valence-electron chi connectivity index (χ1n) is 6.36. The van der Waals surface area contributed by atoms with Crippen LogP contribution in [-0.4, -0.2) is 27.1 Å². The first-order chi connectivity index (χ1) is 10.0. The second-order valence-corrected chi connectivity index (χ2v) is 6.11. The Morgan fingerprint density at radius 2 is 2.10 bits per heavy atom. The highest BCUT2D eigenvalue weighted by Crippen LogP contribution is 2.25. The summed E-state index contributed by atoms with van der Waals surface area (Å²) in [5.41, 5.74) is 6.82. The largest absolute Gasteiger partial charge is 0.495 e. The van der Waals surface area contributed by atoms with E-state index in [0.29, 0.717) is 12.1 Å². The molecule has 1 heterocycles. The molecule has 1 aromatic carbocycles. The zero-order valence-electron chi connectivity index (χ0n) is 11.6. The third-order valence-electron chi connectivity index (χ3n) is 2.88. The lowest BCUT2D eigenvalue weighted by atomic mass is 10.3. The quantitative estimate of drug-likeness (QED) is 0.782. The number of nitrogens with two attached hydrogens (primary N) is 1. The Morgan fingerprint density at radius 1 is 1.29 bits per heavy atom. The molecule has 0 bridgehead atoms. The third-order valence-corrected chi connectivity index (χ3v) is 4.36. The molecule has 0 aliphatic rings. The number of anilines is 1. The van der Waals surface area contributed by atoms with Crippen LogP contribution in [0.25, 0.3) is 0 Å². The predicted octanol–water partition coefficient (Wildman–Crippen LogP) is 1.19. The minimum absolute atomic E-state index is 0.0334. The molecular weight excluding hydrogens is 290 g/mol. The summed E-state index contributed by atoms with van der Waals surface area (Å²) >= 11 is 0. The fourth-order valence-electron chi connectivity index (χ4n) is 1.84. The molecule has 2 aromatic rings. The van der Waals surface area contributed by atoms with Gasteiger partial charge in [0.05, 0.1) is 7.11 Å². The van der Waals surface area contributed by atoms with Crippen LogP contribution in [-0.2, 0) is 16.4 Å². The monoisotopic (exact) mass is 307 g/mol. The van der Waals surface area contributed by atoms with Gasteiger partial charge in [-0.15, -0.1) is 0 Å². The van der Waals surface area contributed by atoms with E-state index in [1.807, 2.05) is 18.2 Å². The Balaban J connectivity index is 2.10. The topological polar surface area (TPSA) is 94.3 Å². The highest BCUT2D eigenvalue weighted by molar-refractivity contribution is 7.89. The van der Waals surface area contributed by atoms with Crippen LogP contribution < -0.4 is 15.2 Å². The second-order valence-electron chi connectivity index (χ2n) is 4.38. The summed E-state index contributed by atoms with van der Waals surface area (Å²) in [6.07, 6.45) is 2.18. The van der Waals surface area contributed by atoms with Gasteiger partial charge in [-0.05, 0) is 30.3 Å². The molecule has 0 saturated heterocycles. The normalized spacial score (nSPS) is 11.3. The fraction of sp³-hybridized carbons (Fsp3) is 0.214. The molecule has 21 heavy (non-hydrogen) atoms. The summed E-state index contributed by atoms with van der Waals surface area (Å²) in [5, 5.41) is 0. The molecule has 0 atom stereocenters. The van der Waals surface area contributed by atoms with E-state index < -0.39 is 10.0 Å². The maximum atomic E-state index is 12.3. The Bertz CT molecular complexity index is 703. The summed E-state index contributed by atoms with van der Waals surface area (Å²) in [7, 11) is -2.26. The van der Waals surface area contributed by atoms with Crippen molar-refractivity contribution in [2.45, 2.75) is 11.3 Å². The van der Waals surface area contributed by atoms with Gasteiger partial charge in [-0.25, -0.2) is 13.1 Å². The molecule has 0 radical (unpaired) electrons. The maximum Gasteiger partial charge on any atom is 0.244 e. The van der Waals surface area contributed by atoms with Gasteiger partial charge < -0.3 is 10.5 Å². The van der Waals surface area contributed by atoms with Crippen molar-refractivity contribution in [3.8, 4) is 5.75 Å². The van der Waals surface area contributed by atoms with Crippen LogP contribution in [0.3, 0.4) is 0 Å². The number of methoxy groups -OCH3 is 1. The zero-order chi connectivity index (χ0) is 15.3. The first-order valence-corrected chi connectivity index (χ1v) is 7.84. The van der Waals surface area contributed by atoms with E-state index in [2.05, 4.69) is 9.71 Å². The van der Waals surface area contributed by atoms with Crippen LogP contribution in [0.4, 0.5) is 5.69 Å². The van der Waals surface area contributed by atoms with Gasteiger partial charge in [0.25, 0.3) is 0 Å². The van der Waals surface area contributed by atoms with Gasteiger partial charge in [-0.1, -0.05) is 6.07 Å². The second kappa shape index (κ2) is 6.55. The number of benzene rings is 1. The van der Waals surface area contributed by atoms with Crippen LogP contribution in [0.15, 0.2) is 47.5 Å². The highest BCUT2D eigenvalue weighted by Gasteiger charge is 2.19. The first kappa shape index (κ1) is 15.3. The lowest BCUT2D eigenvalue weighted by Gasteiger charge is -2.11. The molecule has 3 N–H and O–H groups in total. The highest BCUT2D eigenvalue weighted by atomic mass is 32.2. The van der Waals surface area contributed by atoms with Crippen LogP contribution in [0, 0.1) is 0 Å². The minimum Gasteiger partial charge on any atom is -0.495 e. The fourth-order valence-corrected chi connectivity index (χ4v) is 3.07. The Morgan fingerprint density at radius 3 is 2.76 bits per heavy atom. The summed E-state index contributed by atoms with van der Waals surface area (Å²) in [6, 6.07) is 10.0. The molecule has 112 valence electrons. The average molecular weight is 307 g/mol. The minimum atomic E-state index is -3.68. The number of ether oxygens (including phenoxy) is 1. The van der Waals surface area contributed by atoms with Gasteiger partial charge in [0.2, 0.25) is 10.0 Å².